The summed E-state index contributed by atoms with van der Waals surface area (Å²) < 4.78 is 6.04. The molecule has 0 fully saturated rings. The lowest BCUT2D eigenvalue weighted by molar-refractivity contribution is -0.141. The molecule has 0 spiro atoms. The van der Waals surface area contributed by atoms with E-state index >= 15 is 0 Å². The summed E-state index contributed by atoms with van der Waals surface area (Å²) in [7, 11) is 1.25. The Morgan fingerprint density at radius 3 is 2.48 bits per heavy atom. The first-order valence-electron chi connectivity index (χ1n) is 9.57. The van der Waals surface area contributed by atoms with Gasteiger partial charge in [-0.3, -0.25) is 24.3 Å². The summed E-state index contributed by atoms with van der Waals surface area (Å²) in [4.78, 5) is 51.4. The van der Waals surface area contributed by atoms with Gasteiger partial charge in [-0.05, 0) is 31.5 Å². The SMILES string of the molecule is COC(=O)CNC(=O)Cc1ccc(NC(=O)Cc2c(C)nc3cc(=O)[nH]n3c2C)cc1. The highest BCUT2D eigenvalue weighted by molar-refractivity contribution is 5.92. The van der Waals surface area contributed by atoms with Crippen molar-refractivity contribution in [2.24, 2.45) is 0 Å². The van der Waals surface area contributed by atoms with Crippen LogP contribution in [0.5, 0.6) is 0 Å². The molecular formula is C21H23N5O5. The van der Waals surface area contributed by atoms with Crippen molar-refractivity contribution in [1.82, 2.24) is 19.9 Å². The molecule has 2 amide bonds. The lowest BCUT2D eigenvalue weighted by atomic mass is 10.1. The zero-order valence-corrected chi connectivity index (χ0v) is 17.4. The quantitative estimate of drug-likeness (QED) is 0.476. The summed E-state index contributed by atoms with van der Waals surface area (Å²) in [6.07, 6.45) is 0.197. The van der Waals surface area contributed by atoms with Crippen molar-refractivity contribution in [2.45, 2.75) is 26.7 Å². The number of hydrogen-bond donors (Lipinski definition) is 3. The van der Waals surface area contributed by atoms with E-state index in [0.29, 0.717) is 17.0 Å². The van der Waals surface area contributed by atoms with E-state index < -0.39 is 5.97 Å². The minimum Gasteiger partial charge on any atom is -0.468 e. The highest BCUT2D eigenvalue weighted by atomic mass is 16.5. The largest absolute Gasteiger partial charge is 0.468 e. The number of nitrogens with zero attached hydrogens (tertiary/aromatic N) is 2. The fraction of sp³-hybridized carbons (Fsp3) is 0.286. The third-order valence-corrected chi connectivity index (χ3v) is 4.80. The number of anilines is 1. The van der Waals surface area contributed by atoms with Gasteiger partial charge in [-0.15, -0.1) is 0 Å². The summed E-state index contributed by atoms with van der Waals surface area (Å²) in [5, 5.41) is 7.95. The standard InChI is InChI=1S/C21H23N5O5/c1-12-16(13(2)26-17(23-12)10-20(29)25-26)9-19(28)24-15-6-4-14(5-7-15)8-18(27)22-11-21(30)31-3/h4-7,10H,8-9,11H2,1-3H3,(H,22,27)(H,24,28)(H,25,29). The second-order valence-corrected chi connectivity index (χ2v) is 7.03. The molecule has 0 aliphatic rings. The molecule has 0 saturated heterocycles. The normalized spacial score (nSPS) is 10.7. The van der Waals surface area contributed by atoms with Gasteiger partial charge in [-0.2, -0.15) is 0 Å². The van der Waals surface area contributed by atoms with E-state index in [1.54, 1.807) is 35.7 Å². The Kier molecular flexibility index (Phi) is 6.49. The molecule has 3 N–H and O–H groups in total. The summed E-state index contributed by atoms with van der Waals surface area (Å²) in [5.74, 6) is -1.06. The third kappa shape index (κ3) is 5.35. The van der Waals surface area contributed by atoms with E-state index in [-0.39, 0.29) is 36.8 Å². The number of carbonyl (C=O) groups excluding carboxylic acids is 3. The lowest BCUT2D eigenvalue weighted by Crippen LogP contribution is -2.31. The van der Waals surface area contributed by atoms with Crippen LogP contribution in [0.25, 0.3) is 5.65 Å². The zero-order valence-electron chi connectivity index (χ0n) is 17.4. The minimum absolute atomic E-state index is 0.0957. The number of hydrogen-bond acceptors (Lipinski definition) is 6. The maximum Gasteiger partial charge on any atom is 0.325 e. The molecule has 0 aliphatic carbocycles. The van der Waals surface area contributed by atoms with Crippen LogP contribution in [0.2, 0.25) is 0 Å². The Morgan fingerprint density at radius 1 is 1.10 bits per heavy atom. The number of ether oxygens (including phenoxy) is 1. The molecule has 0 radical (unpaired) electrons. The number of aromatic nitrogens is 3. The molecule has 31 heavy (non-hydrogen) atoms. The summed E-state index contributed by atoms with van der Waals surface area (Å²) >= 11 is 0. The smallest absolute Gasteiger partial charge is 0.325 e. The summed E-state index contributed by atoms with van der Waals surface area (Å²) in [5.41, 5.74) is 3.73. The molecule has 0 aliphatic heterocycles. The Hall–Kier alpha value is -3.95. The van der Waals surface area contributed by atoms with Crippen LogP contribution in [0.4, 0.5) is 5.69 Å². The number of amides is 2. The molecule has 10 nitrogen and oxygen atoms in total. The first-order chi connectivity index (χ1) is 14.8. The molecule has 2 heterocycles. The highest BCUT2D eigenvalue weighted by Crippen LogP contribution is 2.16. The van der Waals surface area contributed by atoms with Gasteiger partial charge in [-0.25, -0.2) is 9.50 Å². The molecule has 0 bridgehead atoms. The highest BCUT2D eigenvalue weighted by Gasteiger charge is 2.14. The Bertz CT molecular complexity index is 1190. The van der Waals surface area contributed by atoms with Crippen LogP contribution in [-0.2, 0) is 32.0 Å². The van der Waals surface area contributed by atoms with E-state index in [9.17, 15) is 19.2 Å². The maximum atomic E-state index is 12.5. The fourth-order valence-electron chi connectivity index (χ4n) is 3.17. The summed E-state index contributed by atoms with van der Waals surface area (Å²) in [6, 6.07) is 8.25. The van der Waals surface area contributed by atoms with Gasteiger partial charge in [0.2, 0.25) is 11.8 Å². The van der Waals surface area contributed by atoms with Crippen LogP contribution in [-0.4, -0.2) is 46.0 Å². The van der Waals surface area contributed by atoms with Crippen LogP contribution < -0.4 is 16.2 Å². The van der Waals surface area contributed by atoms with Crippen molar-refractivity contribution >= 4 is 29.1 Å². The number of methoxy groups -OCH3 is 1. The van der Waals surface area contributed by atoms with Crippen molar-refractivity contribution in [3.8, 4) is 0 Å². The van der Waals surface area contributed by atoms with Gasteiger partial charge in [0.05, 0.1) is 20.0 Å². The number of aromatic amines is 1. The number of benzene rings is 1. The van der Waals surface area contributed by atoms with Crippen molar-refractivity contribution in [2.75, 3.05) is 19.0 Å². The molecule has 0 atom stereocenters. The molecule has 0 unspecified atom stereocenters. The molecule has 10 heteroatoms. The van der Waals surface area contributed by atoms with Crippen LogP contribution in [0, 0.1) is 13.8 Å². The van der Waals surface area contributed by atoms with Crippen molar-refractivity contribution in [1.29, 1.82) is 0 Å². The number of aryl methyl sites for hydroxylation is 2. The van der Waals surface area contributed by atoms with E-state index in [1.807, 2.05) is 6.92 Å². The molecule has 1 aromatic carbocycles. The molecule has 0 saturated carbocycles. The molecule has 3 aromatic rings. The van der Waals surface area contributed by atoms with Crippen LogP contribution in [0.1, 0.15) is 22.5 Å². The number of nitrogens with one attached hydrogen (secondary N) is 3. The van der Waals surface area contributed by atoms with Gasteiger partial charge in [0, 0.05) is 28.7 Å². The first-order valence-corrected chi connectivity index (χ1v) is 9.57. The third-order valence-electron chi connectivity index (χ3n) is 4.80. The van der Waals surface area contributed by atoms with Gasteiger partial charge in [0.1, 0.15) is 6.54 Å². The average molecular weight is 425 g/mol. The Morgan fingerprint density at radius 2 is 1.81 bits per heavy atom. The maximum absolute atomic E-state index is 12.5. The van der Waals surface area contributed by atoms with Crippen molar-refractivity contribution in [3.63, 3.8) is 0 Å². The monoisotopic (exact) mass is 425 g/mol. The molecular weight excluding hydrogens is 402 g/mol. The van der Waals surface area contributed by atoms with Gasteiger partial charge in [-0.1, -0.05) is 12.1 Å². The first kappa shape index (κ1) is 21.8. The van der Waals surface area contributed by atoms with E-state index in [1.165, 1.54) is 13.2 Å². The number of H-pyrrole nitrogens is 1. The predicted molar refractivity (Wildman–Crippen MR) is 113 cm³/mol. The lowest BCUT2D eigenvalue weighted by Gasteiger charge is -2.12. The summed E-state index contributed by atoms with van der Waals surface area (Å²) in [6.45, 7) is 3.44. The molecule has 2 aromatic heterocycles. The Balaban J connectivity index is 1.61. The van der Waals surface area contributed by atoms with Gasteiger partial charge in [0.25, 0.3) is 5.56 Å². The van der Waals surface area contributed by atoms with Crippen molar-refractivity contribution < 1.29 is 19.1 Å². The van der Waals surface area contributed by atoms with Gasteiger partial charge < -0.3 is 15.4 Å². The Labute approximate surface area is 177 Å². The second kappa shape index (κ2) is 9.24. The molecule has 162 valence electrons. The zero-order chi connectivity index (χ0) is 22.5. The van der Waals surface area contributed by atoms with Gasteiger partial charge >= 0.3 is 5.97 Å². The number of rotatable bonds is 7. The number of carbonyl (C=O) groups is 3. The predicted octanol–water partition coefficient (Wildman–Crippen LogP) is 0.652. The van der Waals surface area contributed by atoms with E-state index in [0.717, 1.165) is 16.8 Å². The minimum atomic E-state index is -0.519. The molecule has 3 rings (SSSR count). The van der Waals surface area contributed by atoms with E-state index in [4.69, 9.17) is 0 Å². The van der Waals surface area contributed by atoms with Crippen LogP contribution in [0.3, 0.4) is 0 Å². The van der Waals surface area contributed by atoms with Gasteiger partial charge in [0.15, 0.2) is 5.65 Å². The topological polar surface area (TPSA) is 135 Å². The van der Waals surface area contributed by atoms with E-state index in [2.05, 4.69) is 25.5 Å². The number of fused-ring (bicyclic) bond motifs is 1. The average Bonchev–Trinajstić information content (AvgIpc) is 3.11. The second-order valence-electron chi connectivity index (χ2n) is 7.03. The fourth-order valence-corrected chi connectivity index (χ4v) is 3.17. The van der Waals surface area contributed by atoms with Crippen LogP contribution in [0.15, 0.2) is 35.1 Å². The van der Waals surface area contributed by atoms with Crippen LogP contribution >= 0.6 is 0 Å². The number of esters is 1. The van der Waals surface area contributed by atoms with Crippen molar-refractivity contribution in [3.05, 3.63) is 63.2 Å².